The van der Waals surface area contributed by atoms with Crippen LogP contribution in [0.25, 0.3) is 0 Å². The van der Waals surface area contributed by atoms with Gasteiger partial charge in [0.1, 0.15) is 0 Å². The molecule has 4 heteroatoms. The topological polar surface area (TPSA) is 46.5 Å². The number of carbonyl (C=O) groups is 1. The Morgan fingerprint density at radius 2 is 2.07 bits per heavy atom. The zero-order valence-corrected chi connectivity index (χ0v) is 10.0. The fraction of sp³-hybridized carbons (Fsp3) is 0.364. The van der Waals surface area contributed by atoms with Gasteiger partial charge in [0.25, 0.3) is 0 Å². The number of ether oxygens (including phenoxy) is 1. The first kappa shape index (κ1) is 12.2. The van der Waals surface area contributed by atoms with E-state index in [2.05, 4.69) is 15.9 Å². The van der Waals surface area contributed by atoms with Crippen LogP contribution in [0.4, 0.5) is 0 Å². The summed E-state index contributed by atoms with van der Waals surface area (Å²) in [6.07, 6.45) is -0.441. The zero-order valence-electron chi connectivity index (χ0n) is 8.44. The zero-order chi connectivity index (χ0) is 11.3. The van der Waals surface area contributed by atoms with Crippen LogP contribution in [-0.2, 0) is 9.53 Å². The molecule has 0 bridgehead atoms. The summed E-state index contributed by atoms with van der Waals surface area (Å²) in [6, 6.07) is 6.90. The summed E-state index contributed by atoms with van der Waals surface area (Å²) >= 11 is 3.28. The quantitative estimate of drug-likeness (QED) is 0.857. The molecule has 82 valence electrons. The lowest BCUT2D eigenvalue weighted by atomic mass is 10.1. The van der Waals surface area contributed by atoms with Gasteiger partial charge in [-0.05, 0) is 24.1 Å². The van der Waals surface area contributed by atoms with E-state index in [0.717, 1.165) is 10.9 Å². The van der Waals surface area contributed by atoms with Crippen molar-refractivity contribution in [3.8, 4) is 0 Å². The molecule has 0 aliphatic heterocycles. The van der Waals surface area contributed by atoms with Gasteiger partial charge in [0.05, 0.1) is 6.61 Å². The Morgan fingerprint density at radius 1 is 1.47 bits per heavy atom. The molecule has 1 aromatic carbocycles. The second kappa shape index (κ2) is 5.88. The minimum absolute atomic E-state index is 0.340. The third kappa shape index (κ3) is 3.64. The molecular weight excluding hydrogens is 260 g/mol. The second-order valence-corrected chi connectivity index (χ2v) is 4.04. The van der Waals surface area contributed by atoms with Crippen LogP contribution in [-0.4, -0.2) is 17.7 Å². The van der Waals surface area contributed by atoms with Gasteiger partial charge in [-0.3, -0.25) is 0 Å². The highest BCUT2D eigenvalue weighted by Crippen LogP contribution is 2.17. The first-order valence-electron chi connectivity index (χ1n) is 4.75. The monoisotopic (exact) mass is 272 g/mol. The molecule has 0 saturated heterocycles. The predicted octanol–water partition coefficient (Wildman–Crippen LogP) is 2.44. The van der Waals surface area contributed by atoms with Crippen molar-refractivity contribution < 1.29 is 14.6 Å². The SMILES string of the molecule is CCCOC(=O)C(O)c1ccc(Br)cc1. The molecule has 0 spiro atoms. The molecule has 15 heavy (non-hydrogen) atoms. The Labute approximate surface area is 97.2 Å². The first-order chi connectivity index (χ1) is 7.15. The van der Waals surface area contributed by atoms with Crippen LogP contribution < -0.4 is 0 Å². The molecule has 0 saturated carbocycles. The highest BCUT2D eigenvalue weighted by Gasteiger charge is 2.18. The largest absolute Gasteiger partial charge is 0.464 e. The summed E-state index contributed by atoms with van der Waals surface area (Å²) in [5, 5.41) is 9.62. The average Bonchev–Trinajstić information content (AvgIpc) is 2.26. The van der Waals surface area contributed by atoms with Gasteiger partial charge in [-0.25, -0.2) is 4.79 Å². The van der Waals surface area contributed by atoms with E-state index in [1.165, 1.54) is 0 Å². The molecule has 0 aliphatic carbocycles. The Hall–Kier alpha value is -0.870. The number of aliphatic hydroxyl groups is 1. The fourth-order valence-electron chi connectivity index (χ4n) is 1.06. The Balaban J connectivity index is 2.63. The van der Waals surface area contributed by atoms with Crippen molar-refractivity contribution >= 4 is 21.9 Å². The maximum atomic E-state index is 11.3. The second-order valence-electron chi connectivity index (χ2n) is 3.12. The smallest absolute Gasteiger partial charge is 0.339 e. The Bertz CT molecular complexity index is 321. The number of hydrogen-bond donors (Lipinski definition) is 1. The van der Waals surface area contributed by atoms with Crippen molar-refractivity contribution in [2.24, 2.45) is 0 Å². The molecular formula is C11H13BrO3. The molecule has 1 N–H and O–H groups in total. The standard InChI is InChI=1S/C11H13BrO3/c1-2-7-15-11(14)10(13)8-3-5-9(12)6-4-8/h3-6,10,13H,2,7H2,1H3. The van der Waals surface area contributed by atoms with Crippen molar-refractivity contribution in [1.82, 2.24) is 0 Å². The van der Waals surface area contributed by atoms with Crippen molar-refractivity contribution in [3.63, 3.8) is 0 Å². The summed E-state index contributed by atoms with van der Waals surface area (Å²) < 4.78 is 5.74. The minimum Gasteiger partial charge on any atom is -0.464 e. The molecule has 0 aromatic heterocycles. The maximum absolute atomic E-state index is 11.3. The van der Waals surface area contributed by atoms with Gasteiger partial charge in [0.2, 0.25) is 0 Å². The van der Waals surface area contributed by atoms with Gasteiger partial charge in [-0.2, -0.15) is 0 Å². The van der Waals surface area contributed by atoms with Crippen molar-refractivity contribution in [2.45, 2.75) is 19.4 Å². The van der Waals surface area contributed by atoms with Crippen LogP contribution >= 0.6 is 15.9 Å². The normalized spacial score (nSPS) is 12.2. The third-order valence-corrected chi connectivity index (χ3v) is 2.39. The molecule has 0 heterocycles. The number of rotatable bonds is 4. The fourth-order valence-corrected chi connectivity index (χ4v) is 1.33. The molecule has 1 atom stereocenters. The number of carbonyl (C=O) groups excluding carboxylic acids is 1. The Morgan fingerprint density at radius 3 is 2.60 bits per heavy atom. The van der Waals surface area contributed by atoms with Crippen LogP contribution in [0.1, 0.15) is 25.0 Å². The van der Waals surface area contributed by atoms with E-state index in [1.54, 1.807) is 24.3 Å². The minimum atomic E-state index is -1.19. The molecule has 0 radical (unpaired) electrons. The number of aliphatic hydroxyl groups excluding tert-OH is 1. The van der Waals surface area contributed by atoms with Crippen LogP contribution in [0.15, 0.2) is 28.7 Å². The van der Waals surface area contributed by atoms with Crippen LogP contribution in [0.2, 0.25) is 0 Å². The molecule has 1 aromatic rings. The number of esters is 1. The molecule has 0 amide bonds. The van der Waals surface area contributed by atoms with Crippen LogP contribution in [0, 0.1) is 0 Å². The predicted molar refractivity (Wildman–Crippen MR) is 60.4 cm³/mol. The van der Waals surface area contributed by atoms with Gasteiger partial charge in [0.15, 0.2) is 6.10 Å². The first-order valence-corrected chi connectivity index (χ1v) is 5.54. The summed E-state index contributed by atoms with van der Waals surface area (Å²) in [5.74, 6) is -0.598. The van der Waals surface area contributed by atoms with E-state index in [9.17, 15) is 9.90 Å². The highest BCUT2D eigenvalue weighted by molar-refractivity contribution is 9.10. The van der Waals surface area contributed by atoms with Gasteiger partial charge < -0.3 is 9.84 Å². The summed E-state index contributed by atoms with van der Waals surface area (Å²) in [6.45, 7) is 2.24. The van der Waals surface area contributed by atoms with E-state index in [0.29, 0.717) is 12.2 Å². The lowest BCUT2D eigenvalue weighted by Gasteiger charge is -2.10. The van der Waals surface area contributed by atoms with Crippen molar-refractivity contribution in [1.29, 1.82) is 0 Å². The third-order valence-electron chi connectivity index (χ3n) is 1.86. The lowest BCUT2D eigenvalue weighted by Crippen LogP contribution is -2.15. The molecule has 3 nitrogen and oxygen atoms in total. The summed E-state index contributed by atoms with van der Waals surface area (Å²) in [4.78, 5) is 11.3. The summed E-state index contributed by atoms with van der Waals surface area (Å²) in [5.41, 5.74) is 0.541. The van der Waals surface area contributed by atoms with Gasteiger partial charge in [-0.15, -0.1) is 0 Å². The maximum Gasteiger partial charge on any atom is 0.339 e. The number of halogens is 1. The number of benzene rings is 1. The molecule has 0 fully saturated rings. The van der Waals surface area contributed by atoms with E-state index >= 15 is 0 Å². The van der Waals surface area contributed by atoms with Gasteiger partial charge in [-0.1, -0.05) is 35.0 Å². The van der Waals surface area contributed by atoms with Gasteiger partial charge >= 0.3 is 5.97 Å². The lowest BCUT2D eigenvalue weighted by molar-refractivity contribution is -0.153. The van der Waals surface area contributed by atoms with Crippen LogP contribution in [0.3, 0.4) is 0 Å². The van der Waals surface area contributed by atoms with Gasteiger partial charge in [0, 0.05) is 4.47 Å². The van der Waals surface area contributed by atoms with E-state index in [4.69, 9.17) is 4.74 Å². The van der Waals surface area contributed by atoms with Crippen LogP contribution in [0.5, 0.6) is 0 Å². The average molecular weight is 273 g/mol. The summed E-state index contributed by atoms with van der Waals surface area (Å²) in [7, 11) is 0. The van der Waals surface area contributed by atoms with Crippen molar-refractivity contribution in [3.05, 3.63) is 34.3 Å². The molecule has 1 unspecified atom stereocenters. The molecule has 1 rings (SSSR count). The van der Waals surface area contributed by atoms with Crippen molar-refractivity contribution in [2.75, 3.05) is 6.61 Å². The van der Waals surface area contributed by atoms with E-state index in [-0.39, 0.29) is 0 Å². The van der Waals surface area contributed by atoms with E-state index < -0.39 is 12.1 Å². The molecule has 0 aliphatic rings. The number of hydrogen-bond acceptors (Lipinski definition) is 3. The Kier molecular flexibility index (Phi) is 4.78. The highest BCUT2D eigenvalue weighted by atomic mass is 79.9. The van der Waals surface area contributed by atoms with E-state index in [1.807, 2.05) is 6.92 Å².